The molecule has 0 radical (unpaired) electrons. The third kappa shape index (κ3) is 4.56. The van der Waals surface area contributed by atoms with Crippen LogP contribution in [-0.4, -0.2) is 46.1 Å². The van der Waals surface area contributed by atoms with E-state index in [-0.39, 0.29) is 5.56 Å². The highest BCUT2D eigenvalue weighted by molar-refractivity contribution is 5.93. The molecule has 0 aliphatic carbocycles. The first kappa shape index (κ1) is 18.2. The number of nitrogens with one attached hydrogen (secondary N) is 1. The van der Waals surface area contributed by atoms with Crippen LogP contribution in [0.25, 0.3) is 0 Å². The SMILES string of the molecule is CCN(CC)CCCCNC(=O)c1cn(C)c(=O)n(C)c1=O. The van der Waals surface area contributed by atoms with Crippen molar-refractivity contribution in [2.24, 2.45) is 14.1 Å². The fourth-order valence-corrected chi connectivity index (χ4v) is 2.26. The van der Waals surface area contributed by atoms with Crippen molar-refractivity contribution in [2.45, 2.75) is 26.7 Å². The van der Waals surface area contributed by atoms with Gasteiger partial charge in [0, 0.05) is 26.8 Å². The molecule has 0 atom stereocenters. The van der Waals surface area contributed by atoms with Crippen LogP contribution in [0.5, 0.6) is 0 Å². The monoisotopic (exact) mass is 310 g/mol. The van der Waals surface area contributed by atoms with Crippen LogP contribution in [0.15, 0.2) is 15.8 Å². The van der Waals surface area contributed by atoms with E-state index in [1.165, 1.54) is 24.9 Å². The lowest BCUT2D eigenvalue weighted by molar-refractivity contribution is 0.0949. The Balaban J connectivity index is 2.54. The van der Waals surface area contributed by atoms with Crippen LogP contribution in [0.3, 0.4) is 0 Å². The molecule has 22 heavy (non-hydrogen) atoms. The summed E-state index contributed by atoms with van der Waals surface area (Å²) in [5, 5.41) is 2.74. The number of hydrogen-bond acceptors (Lipinski definition) is 4. The summed E-state index contributed by atoms with van der Waals surface area (Å²) in [6.07, 6.45) is 3.14. The van der Waals surface area contributed by atoms with Crippen LogP contribution in [-0.2, 0) is 14.1 Å². The second-order valence-corrected chi connectivity index (χ2v) is 5.29. The van der Waals surface area contributed by atoms with E-state index >= 15 is 0 Å². The molecule has 1 amide bonds. The average Bonchev–Trinajstić information content (AvgIpc) is 2.52. The second-order valence-electron chi connectivity index (χ2n) is 5.29. The first-order valence-electron chi connectivity index (χ1n) is 7.69. The highest BCUT2D eigenvalue weighted by Gasteiger charge is 2.13. The lowest BCUT2D eigenvalue weighted by atomic mass is 10.2. The molecular weight excluding hydrogens is 284 g/mol. The third-order valence-electron chi connectivity index (χ3n) is 3.77. The van der Waals surface area contributed by atoms with Crippen LogP contribution in [0.1, 0.15) is 37.0 Å². The fraction of sp³-hybridized carbons (Fsp3) is 0.667. The zero-order valence-electron chi connectivity index (χ0n) is 13.9. The van der Waals surface area contributed by atoms with Crippen LogP contribution in [0, 0.1) is 0 Å². The van der Waals surface area contributed by atoms with Gasteiger partial charge in [0.25, 0.3) is 11.5 Å². The van der Waals surface area contributed by atoms with Crippen molar-refractivity contribution in [1.29, 1.82) is 0 Å². The van der Waals surface area contributed by atoms with Crippen molar-refractivity contribution in [3.63, 3.8) is 0 Å². The quantitative estimate of drug-likeness (QED) is 0.682. The highest BCUT2D eigenvalue weighted by Crippen LogP contribution is 1.95. The van der Waals surface area contributed by atoms with Gasteiger partial charge in [0.1, 0.15) is 5.56 Å². The summed E-state index contributed by atoms with van der Waals surface area (Å²) in [4.78, 5) is 37.9. The van der Waals surface area contributed by atoms with Crippen molar-refractivity contribution in [2.75, 3.05) is 26.2 Å². The molecule has 1 N–H and O–H groups in total. The number of rotatable bonds is 8. The van der Waals surface area contributed by atoms with E-state index in [4.69, 9.17) is 0 Å². The molecule has 124 valence electrons. The molecule has 0 fully saturated rings. The van der Waals surface area contributed by atoms with E-state index in [0.29, 0.717) is 6.54 Å². The molecule has 0 saturated carbocycles. The predicted octanol–water partition coefficient (Wildman–Crippen LogP) is -0.0642. The molecule has 0 bridgehead atoms. The maximum absolute atomic E-state index is 12.0. The lowest BCUT2D eigenvalue weighted by Gasteiger charge is -2.17. The smallest absolute Gasteiger partial charge is 0.330 e. The van der Waals surface area contributed by atoms with Gasteiger partial charge in [-0.2, -0.15) is 0 Å². The van der Waals surface area contributed by atoms with Gasteiger partial charge in [-0.3, -0.25) is 14.2 Å². The topological polar surface area (TPSA) is 76.3 Å². The zero-order valence-corrected chi connectivity index (χ0v) is 13.9. The Morgan fingerprint density at radius 2 is 1.82 bits per heavy atom. The molecule has 0 spiro atoms. The summed E-state index contributed by atoms with van der Waals surface area (Å²) < 4.78 is 2.17. The van der Waals surface area contributed by atoms with Gasteiger partial charge in [0.15, 0.2) is 0 Å². The fourth-order valence-electron chi connectivity index (χ4n) is 2.26. The number of amides is 1. The zero-order chi connectivity index (χ0) is 16.7. The van der Waals surface area contributed by atoms with Gasteiger partial charge in [-0.1, -0.05) is 13.8 Å². The summed E-state index contributed by atoms with van der Waals surface area (Å²) in [5.41, 5.74) is -1.02. The van der Waals surface area contributed by atoms with E-state index in [1.807, 2.05) is 0 Å². The Labute approximate surface area is 130 Å². The first-order valence-corrected chi connectivity index (χ1v) is 7.69. The molecule has 1 aromatic rings. The highest BCUT2D eigenvalue weighted by atomic mass is 16.2. The van der Waals surface area contributed by atoms with Gasteiger partial charge >= 0.3 is 5.69 Å². The van der Waals surface area contributed by atoms with Gasteiger partial charge in [0.05, 0.1) is 0 Å². The second kappa shape index (κ2) is 8.53. The summed E-state index contributed by atoms with van der Waals surface area (Å²) in [5.74, 6) is -0.431. The molecule has 1 heterocycles. The molecule has 0 aliphatic rings. The number of unbranched alkanes of at least 4 members (excludes halogenated alkanes) is 1. The van der Waals surface area contributed by atoms with Crippen molar-refractivity contribution >= 4 is 5.91 Å². The maximum atomic E-state index is 12.0. The Hall–Kier alpha value is -1.89. The summed E-state index contributed by atoms with van der Waals surface area (Å²) in [6, 6.07) is 0. The Morgan fingerprint density at radius 1 is 1.18 bits per heavy atom. The summed E-state index contributed by atoms with van der Waals surface area (Å²) >= 11 is 0. The third-order valence-corrected chi connectivity index (χ3v) is 3.77. The molecule has 0 aliphatic heterocycles. The Morgan fingerprint density at radius 3 is 2.41 bits per heavy atom. The van der Waals surface area contributed by atoms with Gasteiger partial charge < -0.3 is 14.8 Å². The van der Waals surface area contributed by atoms with E-state index in [0.717, 1.165) is 37.0 Å². The van der Waals surface area contributed by atoms with Gasteiger partial charge in [-0.15, -0.1) is 0 Å². The Kier molecular flexibility index (Phi) is 7.04. The van der Waals surface area contributed by atoms with E-state index in [2.05, 4.69) is 24.1 Å². The molecule has 1 aromatic heterocycles. The molecular formula is C15H26N4O3. The van der Waals surface area contributed by atoms with Gasteiger partial charge in [0.2, 0.25) is 0 Å². The molecule has 0 unspecified atom stereocenters. The summed E-state index contributed by atoms with van der Waals surface area (Å²) in [7, 11) is 2.88. The van der Waals surface area contributed by atoms with E-state index < -0.39 is 17.2 Å². The minimum absolute atomic E-state index is 0.00616. The molecule has 1 rings (SSSR count). The first-order chi connectivity index (χ1) is 10.4. The number of carbonyl (C=O) groups is 1. The average molecular weight is 310 g/mol. The van der Waals surface area contributed by atoms with Crippen molar-refractivity contribution in [3.8, 4) is 0 Å². The summed E-state index contributed by atoms with van der Waals surface area (Å²) in [6.45, 7) is 7.83. The number of nitrogens with zero attached hydrogens (tertiary/aromatic N) is 3. The Bertz CT molecular complexity index is 614. The van der Waals surface area contributed by atoms with E-state index in [1.54, 1.807) is 0 Å². The largest absolute Gasteiger partial charge is 0.352 e. The van der Waals surface area contributed by atoms with Crippen LogP contribution in [0.4, 0.5) is 0 Å². The minimum atomic E-state index is -0.566. The molecule has 7 nitrogen and oxygen atoms in total. The number of hydrogen-bond donors (Lipinski definition) is 1. The predicted molar refractivity (Wildman–Crippen MR) is 86.3 cm³/mol. The number of aromatic nitrogens is 2. The lowest BCUT2D eigenvalue weighted by Crippen LogP contribution is -2.42. The van der Waals surface area contributed by atoms with Crippen LogP contribution < -0.4 is 16.6 Å². The van der Waals surface area contributed by atoms with E-state index in [9.17, 15) is 14.4 Å². The molecule has 0 saturated heterocycles. The van der Waals surface area contributed by atoms with Crippen molar-refractivity contribution in [3.05, 3.63) is 32.6 Å². The van der Waals surface area contributed by atoms with Crippen molar-refractivity contribution in [1.82, 2.24) is 19.4 Å². The van der Waals surface area contributed by atoms with Crippen LogP contribution in [0.2, 0.25) is 0 Å². The minimum Gasteiger partial charge on any atom is -0.352 e. The van der Waals surface area contributed by atoms with Crippen LogP contribution >= 0.6 is 0 Å². The van der Waals surface area contributed by atoms with Gasteiger partial charge in [-0.25, -0.2) is 4.79 Å². The van der Waals surface area contributed by atoms with Crippen molar-refractivity contribution < 1.29 is 4.79 Å². The normalized spacial score (nSPS) is 11.0. The van der Waals surface area contributed by atoms with Gasteiger partial charge in [-0.05, 0) is 32.5 Å². The molecule has 7 heteroatoms. The molecule has 0 aromatic carbocycles. The maximum Gasteiger partial charge on any atom is 0.330 e. The number of aryl methyl sites for hydroxylation is 1. The number of carbonyl (C=O) groups excluding carboxylic acids is 1. The standard InChI is InChI=1S/C15H26N4O3/c1-5-19(6-2)10-8-7-9-16-13(20)12-11-17(3)15(22)18(4)14(12)21/h11H,5-10H2,1-4H3,(H,16,20).